The summed E-state index contributed by atoms with van der Waals surface area (Å²) >= 11 is 0. The number of rotatable bonds is 1. The molecule has 0 saturated carbocycles. The van der Waals surface area contributed by atoms with Gasteiger partial charge < -0.3 is 0 Å². The van der Waals surface area contributed by atoms with E-state index in [1.165, 1.54) is 36.0 Å². The predicted octanol–water partition coefficient (Wildman–Crippen LogP) is 4.90. The van der Waals surface area contributed by atoms with E-state index in [1.807, 2.05) is 0 Å². The van der Waals surface area contributed by atoms with E-state index in [0.717, 1.165) is 0 Å². The second-order valence-electron chi connectivity index (χ2n) is 5.92. The molecule has 0 N–H and O–H groups in total. The van der Waals surface area contributed by atoms with Gasteiger partial charge in [0.15, 0.2) is 0 Å². The second-order valence-corrected chi connectivity index (χ2v) is 5.92. The highest BCUT2D eigenvalue weighted by molar-refractivity contribution is 5.69. The van der Waals surface area contributed by atoms with Crippen LogP contribution in [0.4, 0.5) is 0 Å². The number of allylic oxidation sites excluding steroid dienone is 2. The third kappa shape index (κ3) is 2.37. The Morgan fingerprint density at radius 2 is 1.88 bits per heavy atom. The fourth-order valence-electron chi connectivity index (χ4n) is 2.40. The van der Waals surface area contributed by atoms with E-state index < -0.39 is 0 Å². The molecule has 86 valence electrons. The van der Waals surface area contributed by atoms with Gasteiger partial charge >= 0.3 is 0 Å². The maximum atomic E-state index is 2.45. The molecule has 0 aliphatic heterocycles. The molecule has 0 aromatic heterocycles. The fraction of sp³-hybridized carbons (Fsp3) is 0.500. The molecule has 16 heavy (non-hydrogen) atoms. The molecule has 0 fully saturated rings. The number of hydrogen-bond acceptors (Lipinski definition) is 0. The van der Waals surface area contributed by atoms with Crippen molar-refractivity contribution < 1.29 is 0 Å². The van der Waals surface area contributed by atoms with Crippen LogP contribution in [0.15, 0.2) is 24.3 Å². The summed E-state index contributed by atoms with van der Waals surface area (Å²) in [6.07, 6.45) is 6.21. The van der Waals surface area contributed by atoms with Crippen molar-refractivity contribution in [1.29, 1.82) is 0 Å². The Hall–Kier alpha value is -1.04. The number of aryl methyl sites for hydroxylation is 2. The molecule has 0 heteroatoms. The first kappa shape index (κ1) is 11.4. The van der Waals surface area contributed by atoms with E-state index in [2.05, 4.69) is 52.0 Å². The highest BCUT2D eigenvalue weighted by atomic mass is 14.3. The Morgan fingerprint density at radius 1 is 1.12 bits per heavy atom. The monoisotopic (exact) mass is 214 g/mol. The lowest BCUT2D eigenvalue weighted by Crippen LogP contribution is -2.14. The van der Waals surface area contributed by atoms with Crippen molar-refractivity contribution in [1.82, 2.24) is 0 Å². The van der Waals surface area contributed by atoms with Crippen LogP contribution in [0.25, 0.3) is 5.57 Å². The van der Waals surface area contributed by atoms with E-state index >= 15 is 0 Å². The van der Waals surface area contributed by atoms with Crippen molar-refractivity contribution in [3.05, 3.63) is 41.0 Å². The van der Waals surface area contributed by atoms with Crippen molar-refractivity contribution in [2.24, 2.45) is 5.41 Å². The molecule has 1 aromatic carbocycles. The molecular formula is C16H22. The maximum absolute atomic E-state index is 2.45. The average molecular weight is 214 g/mol. The summed E-state index contributed by atoms with van der Waals surface area (Å²) < 4.78 is 0. The van der Waals surface area contributed by atoms with Gasteiger partial charge in [0.1, 0.15) is 0 Å². The van der Waals surface area contributed by atoms with Crippen LogP contribution in [0.5, 0.6) is 0 Å². The zero-order chi connectivity index (χ0) is 11.8. The molecule has 0 heterocycles. The summed E-state index contributed by atoms with van der Waals surface area (Å²) in [6.45, 7) is 9.12. The van der Waals surface area contributed by atoms with Gasteiger partial charge in [-0.2, -0.15) is 0 Å². The van der Waals surface area contributed by atoms with Crippen LogP contribution in [0, 0.1) is 19.3 Å². The lowest BCUT2D eigenvalue weighted by molar-refractivity contribution is 0.335. The molecular weight excluding hydrogens is 192 g/mol. The van der Waals surface area contributed by atoms with Crippen LogP contribution in [0.3, 0.4) is 0 Å². The Balaban J connectivity index is 2.32. The van der Waals surface area contributed by atoms with Crippen LogP contribution >= 0.6 is 0 Å². The van der Waals surface area contributed by atoms with Gasteiger partial charge in [0.25, 0.3) is 0 Å². The molecule has 0 atom stereocenters. The van der Waals surface area contributed by atoms with E-state index in [0.29, 0.717) is 5.41 Å². The number of benzene rings is 1. The Labute approximate surface area is 99.4 Å². The predicted molar refractivity (Wildman–Crippen MR) is 71.5 cm³/mol. The van der Waals surface area contributed by atoms with E-state index in [1.54, 1.807) is 5.57 Å². The molecule has 0 amide bonds. The molecule has 0 nitrogen and oxygen atoms in total. The lowest BCUT2D eigenvalue weighted by atomic mass is 9.76. The summed E-state index contributed by atoms with van der Waals surface area (Å²) in [5.41, 5.74) is 6.31. The molecule has 1 aromatic rings. The lowest BCUT2D eigenvalue weighted by Gasteiger charge is -2.29. The first-order valence-corrected chi connectivity index (χ1v) is 6.25. The third-order valence-corrected chi connectivity index (χ3v) is 3.71. The summed E-state index contributed by atoms with van der Waals surface area (Å²) in [6, 6.07) is 6.77. The van der Waals surface area contributed by atoms with Gasteiger partial charge in [0.2, 0.25) is 0 Å². The third-order valence-electron chi connectivity index (χ3n) is 3.71. The quantitative estimate of drug-likeness (QED) is 0.624. The van der Waals surface area contributed by atoms with E-state index in [4.69, 9.17) is 0 Å². The van der Waals surface area contributed by atoms with Crippen molar-refractivity contribution in [2.45, 2.75) is 47.0 Å². The van der Waals surface area contributed by atoms with Gasteiger partial charge in [-0.25, -0.2) is 0 Å². The Morgan fingerprint density at radius 3 is 2.50 bits per heavy atom. The minimum absolute atomic E-state index is 0.501. The normalized spacial score (nSPS) is 19.4. The van der Waals surface area contributed by atoms with Crippen molar-refractivity contribution >= 4 is 5.57 Å². The largest absolute Gasteiger partial charge is 0.0802 e. The molecule has 0 saturated heterocycles. The van der Waals surface area contributed by atoms with Crippen LogP contribution in [0.1, 0.15) is 49.8 Å². The SMILES string of the molecule is Cc1ccc(C)c(C2=CCC(C)(C)CC2)c1. The summed E-state index contributed by atoms with van der Waals surface area (Å²) in [4.78, 5) is 0. The van der Waals surface area contributed by atoms with Crippen molar-refractivity contribution in [2.75, 3.05) is 0 Å². The van der Waals surface area contributed by atoms with Crippen molar-refractivity contribution in [3.63, 3.8) is 0 Å². The molecule has 0 spiro atoms. The second kappa shape index (κ2) is 4.08. The first-order chi connectivity index (χ1) is 7.48. The molecule has 0 bridgehead atoms. The Bertz CT molecular complexity index is 422. The van der Waals surface area contributed by atoms with Gasteiger partial charge in [0.05, 0.1) is 0 Å². The molecule has 1 aliphatic carbocycles. The van der Waals surface area contributed by atoms with Gasteiger partial charge in [-0.05, 0) is 55.2 Å². The number of hydrogen-bond donors (Lipinski definition) is 0. The Kier molecular flexibility index (Phi) is 2.92. The van der Waals surface area contributed by atoms with Crippen LogP contribution in [0.2, 0.25) is 0 Å². The van der Waals surface area contributed by atoms with Gasteiger partial charge in [-0.15, -0.1) is 0 Å². The molecule has 0 unspecified atom stereocenters. The van der Waals surface area contributed by atoms with E-state index in [-0.39, 0.29) is 0 Å². The highest BCUT2D eigenvalue weighted by Gasteiger charge is 2.22. The summed E-state index contributed by atoms with van der Waals surface area (Å²) in [5.74, 6) is 0. The minimum atomic E-state index is 0.501. The standard InChI is InChI=1S/C16H22/c1-12-5-6-13(2)15(11-12)14-7-9-16(3,4)10-8-14/h5-7,11H,8-10H2,1-4H3. The topological polar surface area (TPSA) is 0 Å². The van der Waals surface area contributed by atoms with Crippen LogP contribution in [-0.2, 0) is 0 Å². The molecule has 1 aliphatic rings. The molecule has 2 rings (SSSR count). The van der Waals surface area contributed by atoms with Gasteiger partial charge in [0, 0.05) is 0 Å². The summed E-state index contributed by atoms with van der Waals surface area (Å²) in [7, 11) is 0. The zero-order valence-electron chi connectivity index (χ0n) is 10.9. The highest BCUT2D eigenvalue weighted by Crippen LogP contribution is 2.38. The van der Waals surface area contributed by atoms with Gasteiger partial charge in [-0.3, -0.25) is 0 Å². The molecule has 0 radical (unpaired) electrons. The van der Waals surface area contributed by atoms with Crippen molar-refractivity contribution in [3.8, 4) is 0 Å². The van der Waals surface area contributed by atoms with Crippen LogP contribution in [-0.4, -0.2) is 0 Å². The summed E-state index contributed by atoms with van der Waals surface area (Å²) in [5, 5.41) is 0. The average Bonchev–Trinajstić information content (AvgIpc) is 2.22. The van der Waals surface area contributed by atoms with Crippen LogP contribution < -0.4 is 0 Å². The zero-order valence-corrected chi connectivity index (χ0v) is 10.9. The van der Waals surface area contributed by atoms with Gasteiger partial charge in [-0.1, -0.05) is 43.7 Å². The fourth-order valence-corrected chi connectivity index (χ4v) is 2.40. The smallest absolute Gasteiger partial charge is 0.0196 e. The maximum Gasteiger partial charge on any atom is -0.0196 e. The first-order valence-electron chi connectivity index (χ1n) is 6.25. The minimum Gasteiger partial charge on any atom is -0.0802 e. The van der Waals surface area contributed by atoms with E-state index in [9.17, 15) is 0 Å².